The van der Waals surface area contributed by atoms with E-state index in [2.05, 4.69) is 9.93 Å². The van der Waals surface area contributed by atoms with Gasteiger partial charge in [-0.1, -0.05) is 29.8 Å². The average molecular weight is 332 g/mol. The molecule has 0 aliphatic rings. The van der Waals surface area contributed by atoms with Crippen molar-refractivity contribution < 1.29 is 13.2 Å². The number of benzene rings is 2. The van der Waals surface area contributed by atoms with Gasteiger partial charge in [0.2, 0.25) is 0 Å². The molecular formula is C17H20N2O3S. The predicted octanol–water partition coefficient (Wildman–Crippen LogP) is 3.09. The van der Waals surface area contributed by atoms with Crippen LogP contribution >= 0.6 is 0 Å². The van der Waals surface area contributed by atoms with E-state index >= 15 is 0 Å². The molecule has 122 valence electrons. The molecule has 6 heteroatoms. The fourth-order valence-electron chi connectivity index (χ4n) is 1.88. The highest BCUT2D eigenvalue weighted by Crippen LogP contribution is 2.14. The summed E-state index contributed by atoms with van der Waals surface area (Å²) in [7, 11) is -3.66. The van der Waals surface area contributed by atoms with Crippen LogP contribution < -0.4 is 9.57 Å². The molecular weight excluding hydrogens is 312 g/mol. The Morgan fingerprint density at radius 3 is 2.48 bits per heavy atom. The van der Waals surface area contributed by atoms with Crippen LogP contribution in [-0.2, 0) is 10.0 Å². The van der Waals surface area contributed by atoms with E-state index in [4.69, 9.17) is 4.74 Å². The zero-order chi connectivity index (χ0) is 16.9. The number of ether oxygens (including phenoxy) is 1. The van der Waals surface area contributed by atoms with Gasteiger partial charge in [-0.15, -0.1) is 0 Å². The molecule has 0 fully saturated rings. The van der Waals surface area contributed by atoms with Crippen molar-refractivity contribution in [3.05, 3.63) is 59.7 Å². The van der Waals surface area contributed by atoms with Gasteiger partial charge < -0.3 is 4.74 Å². The summed E-state index contributed by atoms with van der Waals surface area (Å²) < 4.78 is 29.8. The minimum absolute atomic E-state index is 0.0715. The first-order valence-electron chi connectivity index (χ1n) is 7.25. The van der Waals surface area contributed by atoms with Crippen molar-refractivity contribution in [2.45, 2.75) is 31.8 Å². The fourth-order valence-corrected chi connectivity index (χ4v) is 2.67. The van der Waals surface area contributed by atoms with Crippen LogP contribution in [0.2, 0.25) is 0 Å². The van der Waals surface area contributed by atoms with Crippen LogP contribution in [-0.4, -0.2) is 20.7 Å². The largest absolute Gasteiger partial charge is 0.491 e. The highest BCUT2D eigenvalue weighted by atomic mass is 32.2. The molecule has 0 saturated heterocycles. The van der Waals surface area contributed by atoms with Crippen LogP contribution in [0.5, 0.6) is 5.75 Å². The van der Waals surface area contributed by atoms with Crippen LogP contribution in [0.4, 0.5) is 0 Å². The molecule has 5 nitrogen and oxygen atoms in total. The minimum atomic E-state index is -3.66. The summed E-state index contributed by atoms with van der Waals surface area (Å²) in [6, 6.07) is 13.9. The highest BCUT2D eigenvalue weighted by molar-refractivity contribution is 7.89. The van der Waals surface area contributed by atoms with E-state index in [-0.39, 0.29) is 11.0 Å². The Labute approximate surface area is 137 Å². The monoisotopic (exact) mass is 332 g/mol. The standard InChI is InChI=1S/C17H20N2O3S/c1-13(2)22-16-6-4-5-15(11-16)12-18-19-23(20,21)17-9-7-14(3)8-10-17/h4-13,19H,1-3H3. The van der Waals surface area contributed by atoms with E-state index in [0.29, 0.717) is 5.75 Å². The number of nitrogens with one attached hydrogen (secondary N) is 1. The van der Waals surface area contributed by atoms with Crippen molar-refractivity contribution in [2.75, 3.05) is 0 Å². The number of sulfonamides is 1. The van der Waals surface area contributed by atoms with Gasteiger partial charge in [-0.05, 0) is 50.6 Å². The molecule has 0 bridgehead atoms. The van der Waals surface area contributed by atoms with Crippen molar-refractivity contribution >= 4 is 16.2 Å². The van der Waals surface area contributed by atoms with Crippen LogP contribution in [0.1, 0.15) is 25.0 Å². The highest BCUT2D eigenvalue weighted by Gasteiger charge is 2.11. The molecule has 0 radical (unpaired) electrons. The van der Waals surface area contributed by atoms with E-state index in [9.17, 15) is 8.42 Å². The van der Waals surface area contributed by atoms with Crippen LogP contribution in [0.25, 0.3) is 0 Å². The van der Waals surface area contributed by atoms with Gasteiger partial charge in [-0.2, -0.15) is 13.5 Å². The second-order valence-corrected chi connectivity index (χ2v) is 7.07. The minimum Gasteiger partial charge on any atom is -0.491 e. The van der Waals surface area contributed by atoms with Crippen LogP contribution in [0.15, 0.2) is 58.5 Å². The lowest BCUT2D eigenvalue weighted by Crippen LogP contribution is -2.18. The van der Waals surface area contributed by atoms with Crippen molar-refractivity contribution in [3.8, 4) is 5.75 Å². The SMILES string of the molecule is Cc1ccc(S(=O)(=O)NN=Cc2cccc(OC(C)C)c2)cc1. The number of nitrogens with zero attached hydrogens (tertiary/aromatic N) is 1. The quantitative estimate of drug-likeness (QED) is 0.653. The Morgan fingerprint density at radius 1 is 1.13 bits per heavy atom. The summed E-state index contributed by atoms with van der Waals surface area (Å²) in [5.41, 5.74) is 1.74. The van der Waals surface area contributed by atoms with E-state index < -0.39 is 10.0 Å². The molecule has 0 spiro atoms. The van der Waals surface area contributed by atoms with Gasteiger partial charge in [-0.3, -0.25) is 0 Å². The summed E-state index contributed by atoms with van der Waals surface area (Å²) in [5, 5.41) is 3.81. The first-order chi connectivity index (χ1) is 10.9. The van der Waals surface area contributed by atoms with Crippen LogP contribution in [0.3, 0.4) is 0 Å². The lowest BCUT2D eigenvalue weighted by Gasteiger charge is -2.09. The molecule has 0 aliphatic heterocycles. The Kier molecular flexibility index (Phi) is 5.39. The molecule has 0 aliphatic carbocycles. The lowest BCUT2D eigenvalue weighted by atomic mass is 10.2. The average Bonchev–Trinajstić information content (AvgIpc) is 2.47. The van der Waals surface area contributed by atoms with Crippen LogP contribution in [0, 0.1) is 6.92 Å². The first kappa shape index (κ1) is 17.0. The maximum atomic E-state index is 12.1. The molecule has 0 atom stereocenters. The van der Waals surface area contributed by atoms with Crippen molar-refractivity contribution in [2.24, 2.45) is 5.10 Å². The van der Waals surface area contributed by atoms with Gasteiger partial charge >= 0.3 is 0 Å². The van der Waals surface area contributed by atoms with Gasteiger partial charge in [0.15, 0.2) is 0 Å². The van der Waals surface area contributed by atoms with Crippen molar-refractivity contribution in [1.82, 2.24) is 4.83 Å². The van der Waals surface area contributed by atoms with Gasteiger partial charge in [0.25, 0.3) is 10.0 Å². The van der Waals surface area contributed by atoms with E-state index in [1.165, 1.54) is 6.21 Å². The smallest absolute Gasteiger partial charge is 0.276 e. The van der Waals surface area contributed by atoms with Crippen molar-refractivity contribution in [3.63, 3.8) is 0 Å². The first-order valence-corrected chi connectivity index (χ1v) is 8.73. The fraction of sp³-hybridized carbons (Fsp3) is 0.235. The summed E-state index contributed by atoms with van der Waals surface area (Å²) in [6.07, 6.45) is 1.51. The van der Waals surface area contributed by atoms with Gasteiger partial charge in [0.1, 0.15) is 5.75 Å². The molecule has 1 N–H and O–H groups in total. The molecule has 2 rings (SSSR count). The maximum absolute atomic E-state index is 12.1. The Morgan fingerprint density at radius 2 is 1.83 bits per heavy atom. The summed E-state index contributed by atoms with van der Waals surface area (Å²) in [5.74, 6) is 0.713. The number of aryl methyl sites for hydroxylation is 1. The number of hydrogen-bond acceptors (Lipinski definition) is 4. The third kappa shape index (κ3) is 5.10. The Balaban J connectivity index is 2.07. The summed E-state index contributed by atoms with van der Waals surface area (Å²) in [4.78, 5) is 2.38. The second-order valence-electron chi connectivity index (χ2n) is 5.41. The zero-order valence-corrected chi connectivity index (χ0v) is 14.2. The number of hydrogen-bond donors (Lipinski definition) is 1. The lowest BCUT2D eigenvalue weighted by molar-refractivity contribution is 0.242. The molecule has 0 unspecified atom stereocenters. The Bertz CT molecular complexity index is 782. The molecule has 23 heavy (non-hydrogen) atoms. The Hall–Kier alpha value is -2.34. The normalized spacial score (nSPS) is 11.8. The third-order valence-corrected chi connectivity index (χ3v) is 4.19. The summed E-state index contributed by atoms with van der Waals surface area (Å²) >= 11 is 0. The second kappa shape index (κ2) is 7.28. The zero-order valence-electron chi connectivity index (χ0n) is 13.4. The molecule has 2 aromatic rings. The topological polar surface area (TPSA) is 67.8 Å². The number of rotatable bonds is 6. The molecule has 0 saturated carbocycles. The predicted molar refractivity (Wildman–Crippen MR) is 91.3 cm³/mol. The van der Waals surface area contributed by atoms with Gasteiger partial charge in [0.05, 0.1) is 17.2 Å². The molecule has 0 amide bonds. The van der Waals surface area contributed by atoms with Gasteiger partial charge in [0, 0.05) is 0 Å². The maximum Gasteiger partial charge on any atom is 0.276 e. The summed E-state index contributed by atoms with van der Waals surface area (Å²) in [6.45, 7) is 5.78. The van der Waals surface area contributed by atoms with Crippen molar-refractivity contribution in [1.29, 1.82) is 0 Å². The van der Waals surface area contributed by atoms with E-state index in [0.717, 1.165) is 11.1 Å². The molecule has 0 heterocycles. The van der Waals surface area contributed by atoms with E-state index in [1.807, 2.05) is 39.0 Å². The van der Waals surface area contributed by atoms with E-state index in [1.54, 1.807) is 30.3 Å². The number of hydrazone groups is 1. The van der Waals surface area contributed by atoms with Gasteiger partial charge in [-0.25, -0.2) is 4.83 Å². The molecule has 0 aromatic heterocycles. The molecule has 2 aromatic carbocycles. The third-order valence-electron chi connectivity index (χ3n) is 2.95.